The van der Waals surface area contributed by atoms with Crippen LogP contribution in [0.5, 0.6) is 0 Å². The lowest BCUT2D eigenvalue weighted by atomic mass is 10.1. The summed E-state index contributed by atoms with van der Waals surface area (Å²) in [5, 5.41) is 19.6. The number of nitrogens with zero attached hydrogens (tertiary/aromatic N) is 1. The molecule has 0 saturated carbocycles. The molecule has 2 N–H and O–H groups in total. The molecule has 0 aromatic heterocycles. The largest absolute Gasteiger partial charge is 0.394 e. The molecule has 3 heteroatoms. The lowest BCUT2D eigenvalue weighted by molar-refractivity contribution is 0.0236. The van der Waals surface area contributed by atoms with Crippen LogP contribution in [-0.2, 0) is 13.1 Å². The van der Waals surface area contributed by atoms with Crippen molar-refractivity contribution in [3.8, 4) is 0 Å². The fourth-order valence-electron chi connectivity index (χ4n) is 2.59. The predicted molar refractivity (Wildman–Crippen MR) is 92.7 cm³/mol. The van der Waals surface area contributed by atoms with E-state index in [-0.39, 0.29) is 12.6 Å². The fraction of sp³-hybridized carbons (Fsp3) is 0.250. The van der Waals surface area contributed by atoms with Gasteiger partial charge in [-0.25, -0.2) is 0 Å². The molecule has 0 heterocycles. The molecule has 0 amide bonds. The van der Waals surface area contributed by atoms with Crippen LogP contribution in [0.4, 0.5) is 0 Å². The van der Waals surface area contributed by atoms with Crippen molar-refractivity contribution in [2.24, 2.45) is 0 Å². The zero-order valence-electron chi connectivity index (χ0n) is 13.2. The van der Waals surface area contributed by atoms with Gasteiger partial charge in [0.05, 0.1) is 18.8 Å². The Morgan fingerprint density at radius 3 is 1.83 bits per heavy atom. The minimum Gasteiger partial charge on any atom is -0.394 e. The lowest BCUT2D eigenvalue weighted by Crippen LogP contribution is -2.43. The summed E-state index contributed by atoms with van der Waals surface area (Å²) in [4.78, 5) is 2.11. The summed E-state index contributed by atoms with van der Waals surface area (Å²) in [5.41, 5.74) is 5.05. The van der Waals surface area contributed by atoms with Gasteiger partial charge in [0, 0.05) is 13.1 Å². The minimum atomic E-state index is -0.878. The first-order valence-corrected chi connectivity index (χ1v) is 7.71. The average Bonchev–Trinajstić information content (AvgIpc) is 2.60. The summed E-state index contributed by atoms with van der Waals surface area (Å²) in [6.07, 6.45) is 0.837. The van der Waals surface area contributed by atoms with Crippen LogP contribution in [-0.4, -0.2) is 33.9 Å². The van der Waals surface area contributed by atoms with Crippen LogP contribution in [0.15, 0.2) is 79.0 Å². The molecule has 0 aliphatic carbocycles. The van der Waals surface area contributed by atoms with Crippen molar-refractivity contribution in [1.82, 2.24) is 4.90 Å². The van der Waals surface area contributed by atoms with Gasteiger partial charge in [0.1, 0.15) is 0 Å². The molecular formula is C20H23NO2. The third-order valence-electron chi connectivity index (χ3n) is 3.75. The van der Waals surface area contributed by atoms with Crippen LogP contribution in [0.1, 0.15) is 11.1 Å². The molecule has 0 spiro atoms. The number of hydrogen-bond acceptors (Lipinski definition) is 3. The lowest BCUT2D eigenvalue weighted by Gasteiger charge is -2.32. The molecule has 0 aliphatic rings. The van der Waals surface area contributed by atoms with Gasteiger partial charge >= 0.3 is 0 Å². The Kier molecular flexibility index (Phi) is 6.79. The van der Waals surface area contributed by atoms with Gasteiger partial charge in [0.25, 0.3) is 0 Å². The molecule has 120 valence electrons. The number of benzene rings is 2. The van der Waals surface area contributed by atoms with Crippen LogP contribution in [0.3, 0.4) is 0 Å². The Bertz CT molecular complexity index is 579. The summed E-state index contributed by atoms with van der Waals surface area (Å²) >= 11 is 0. The normalized spacial score (nSPS) is 13.3. The zero-order chi connectivity index (χ0) is 16.5. The van der Waals surface area contributed by atoms with Crippen LogP contribution in [0.2, 0.25) is 0 Å². The van der Waals surface area contributed by atoms with Crippen molar-refractivity contribution in [3.63, 3.8) is 0 Å². The van der Waals surface area contributed by atoms with Gasteiger partial charge < -0.3 is 10.2 Å². The van der Waals surface area contributed by atoms with Gasteiger partial charge in [-0.15, -0.1) is 5.73 Å². The van der Waals surface area contributed by atoms with Crippen molar-refractivity contribution in [2.75, 3.05) is 6.61 Å². The number of hydrogen-bond donors (Lipinski definition) is 2. The number of aliphatic hydroxyl groups is 2. The summed E-state index contributed by atoms with van der Waals surface area (Å²) in [6, 6.07) is 19.8. The summed E-state index contributed by atoms with van der Waals surface area (Å²) in [6.45, 7) is 4.64. The standard InChI is InChI=1S/C20H23NO2/c1-2-9-19(20(23)16-22)21(14-17-10-5-3-6-11-17)15-18-12-7-4-8-13-18/h3-13,19-20,22-23H,1,14-16H2/t19-,20+/m0/s1. The van der Waals surface area contributed by atoms with Gasteiger partial charge in [-0.2, -0.15) is 0 Å². The average molecular weight is 309 g/mol. The van der Waals surface area contributed by atoms with E-state index in [1.165, 1.54) is 0 Å². The van der Waals surface area contributed by atoms with E-state index in [9.17, 15) is 10.2 Å². The molecule has 2 aromatic carbocycles. The van der Waals surface area contributed by atoms with E-state index in [0.29, 0.717) is 13.1 Å². The highest BCUT2D eigenvalue weighted by Gasteiger charge is 2.23. The molecule has 0 saturated heterocycles. The van der Waals surface area contributed by atoms with Gasteiger partial charge in [-0.05, 0) is 17.2 Å². The van der Waals surface area contributed by atoms with E-state index in [4.69, 9.17) is 0 Å². The molecule has 0 bridgehead atoms. The maximum absolute atomic E-state index is 10.2. The van der Waals surface area contributed by atoms with Crippen molar-refractivity contribution in [3.05, 3.63) is 90.2 Å². The first-order valence-electron chi connectivity index (χ1n) is 7.71. The second-order valence-corrected chi connectivity index (χ2v) is 5.49. The third-order valence-corrected chi connectivity index (χ3v) is 3.75. The molecule has 2 aromatic rings. The topological polar surface area (TPSA) is 43.7 Å². The fourth-order valence-corrected chi connectivity index (χ4v) is 2.59. The van der Waals surface area contributed by atoms with Crippen LogP contribution < -0.4 is 0 Å². The zero-order valence-corrected chi connectivity index (χ0v) is 13.2. The maximum Gasteiger partial charge on any atom is 0.0967 e. The Morgan fingerprint density at radius 1 is 0.957 bits per heavy atom. The molecule has 0 aliphatic heterocycles. The van der Waals surface area contributed by atoms with E-state index in [1.54, 1.807) is 6.08 Å². The highest BCUT2D eigenvalue weighted by Crippen LogP contribution is 2.16. The van der Waals surface area contributed by atoms with Gasteiger partial charge in [-0.3, -0.25) is 4.90 Å². The van der Waals surface area contributed by atoms with Crippen molar-refractivity contribution in [2.45, 2.75) is 25.2 Å². The Labute approximate surface area is 137 Å². The van der Waals surface area contributed by atoms with E-state index in [1.807, 2.05) is 36.4 Å². The minimum absolute atomic E-state index is 0.303. The van der Waals surface area contributed by atoms with Crippen molar-refractivity contribution >= 4 is 0 Å². The first kappa shape index (κ1) is 17.2. The Hall–Kier alpha value is -2.16. The molecule has 3 nitrogen and oxygen atoms in total. The molecular weight excluding hydrogens is 286 g/mol. The van der Waals surface area contributed by atoms with E-state index < -0.39 is 6.10 Å². The first-order chi connectivity index (χ1) is 11.2. The van der Waals surface area contributed by atoms with Crippen LogP contribution in [0.25, 0.3) is 0 Å². The maximum atomic E-state index is 10.2. The van der Waals surface area contributed by atoms with Crippen LogP contribution >= 0.6 is 0 Å². The smallest absolute Gasteiger partial charge is 0.0967 e. The second kappa shape index (κ2) is 9.09. The molecule has 0 unspecified atom stereocenters. The SMILES string of the molecule is C=C=C[C@@H]([C@H](O)CO)N(Cc1ccccc1)Cc1ccccc1. The van der Waals surface area contributed by atoms with Crippen molar-refractivity contribution in [1.29, 1.82) is 0 Å². The van der Waals surface area contributed by atoms with Gasteiger partial charge in [0.2, 0.25) is 0 Å². The molecule has 0 radical (unpaired) electrons. The Balaban J connectivity index is 2.26. The molecule has 2 atom stereocenters. The van der Waals surface area contributed by atoms with E-state index >= 15 is 0 Å². The summed E-state index contributed by atoms with van der Waals surface area (Å²) < 4.78 is 0. The van der Waals surface area contributed by atoms with E-state index in [0.717, 1.165) is 11.1 Å². The summed E-state index contributed by atoms with van der Waals surface area (Å²) in [7, 11) is 0. The van der Waals surface area contributed by atoms with Gasteiger partial charge in [0.15, 0.2) is 0 Å². The molecule has 0 fully saturated rings. The number of rotatable bonds is 8. The Morgan fingerprint density at radius 2 is 1.43 bits per heavy atom. The highest BCUT2D eigenvalue weighted by molar-refractivity contribution is 5.18. The molecule has 23 heavy (non-hydrogen) atoms. The van der Waals surface area contributed by atoms with Crippen molar-refractivity contribution < 1.29 is 10.2 Å². The monoisotopic (exact) mass is 309 g/mol. The van der Waals surface area contributed by atoms with Gasteiger partial charge in [-0.1, -0.05) is 67.2 Å². The second-order valence-electron chi connectivity index (χ2n) is 5.49. The molecule has 2 rings (SSSR count). The highest BCUT2D eigenvalue weighted by atomic mass is 16.3. The third kappa shape index (κ3) is 5.20. The number of aliphatic hydroxyl groups excluding tert-OH is 2. The quantitative estimate of drug-likeness (QED) is 0.737. The predicted octanol–water partition coefficient (Wildman–Crippen LogP) is 2.75. The summed E-state index contributed by atoms with van der Waals surface area (Å²) in [5.74, 6) is 0. The van der Waals surface area contributed by atoms with Crippen LogP contribution in [0, 0.1) is 0 Å². The van der Waals surface area contributed by atoms with E-state index in [2.05, 4.69) is 41.5 Å².